The van der Waals surface area contributed by atoms with E-state index in [0.717, 1.165) is 25.0 Å². The van der Waals surface area contributed by atoms with Crippen molar-refractivity contribution in [2.24, 2.45) is 0 Å². The molecule has 0 radical (unpaired) electrons. The van der Waals surface area contributed by atoms with Crippen LogP contribution in [0.25, 0.3) is 5.57 Å². The molecule has 1 aliphatic carbocycles. The number of hydrogen-bond acceptors (Lipinski definition) is 2. The van der Waals surface area contributed by atoms with Gasteiger partial charge in [0.25, 0.3) is 0 Å². The Hall–Kier alpha value is -2.43. The number of benzene rings is 1. The highest BCUT2D eigenvalue weighted by Crippen LogP contribution is 2.49. The summed E-state index contributed by atoms with van der Waals surface area (Å²) in [7, 11) is 0. The Bertz CT molecular complexity index is 950. The second-order valence-corrected chi connectivity index (χ2v) is 9.41. The second kappa shape index (κ2) is 9.37. The molecule has 0 heterocycles. The van der Waals surface area contributed by atoms with Crippen molar-refractivity contribution in [3.63, 3.8) is 0 Å². The smallest absolute Gasteiger partial charge is 0.365 e. The van der Waals surface area contributed by atoms with Gasteiger partial charge in [-0.3, -0.25) is 0 Å². The van der Waals surface area contributed by atoms with Gasteiger partial charge in [-0.05, 0) is 84.4 Å². The molecule has 2 rings (SSSR count). The Morgan fingerprint density at radius 3 is 2.10 bits per heavy atom. The summed E-state index contributed by atoms with van der Waals surface area (Å²) in [6, 6.07) is 4.10. The lowest BCUT2D eigenvalue weighted by atomic mass is 9.62. The van der Waals surface area contributed by atoms with Gasteiger partial charge in [0.05, 0.1) is 6.61 Å². The molecule has 1 aromatic carbocycles. The van der Waals surface area contributed by atoms with Crippen LogP contribution in [-0.4, -0.2) is 17.7 Å². The highest BCUT2D eigenvalue weighted by Gasteiger charge is 2.38. The summed E-state index contributed by atoms with van der Waals surface area (Å²) >= 11 is 0. The molecule has 0 aromatic heterocycles. The maximum Gasteiger partial charge on any atom is 0.365 e. The van der Waals surface area contributed by atoms with Gasteiger partial charge in [0.2, 0.25) is 5.83 Å². The summed E-state index contributed by atoms with van der Waals surface area (Å²) in [5.41, 5.74) is 3.38. The van der Waals surface area contributed by atoms with Crippen molar-refractivity contribution < 1.29 is 23.4 Å². The van der Waals surface area contributed by atoms with E-state index in [4.69, 9.17) is 9.84 Å². The summed E-state index contributed by atoms with van der Waals surface area (Å²) < 4.78 is 34.7. The molecular weight excluding hydrogens is 398 g/mol. The minimum absolute atomic E-state index is 0.0000398. The molecule has 0 saturated carbocycles. The largest absolute Gasteiger partial charge is 0.493 e. The fourth-order valence-electron chi connectivity index (χ4n) is 4.13. The van der Waals surface area contributed by atoms with Crippen LogP contribution >= 0.6 is 0 Å². The van der Waals surface area contributed by atoms with Crippen LogP contribution in [0.1, 0.15) is 84.4 Å². The van der Waals surface area contributed by atoms with Gasteiger partial charge < -0.3 is 9.84 Å². The molecule has 0 spiro atoms. The second-order valence-electron chi connectivity index (χ2n) is 9.41. The molecule has 0 saturated heterocycles. The number of carbonyl (C=O) groups is 1. The number of hydrogen-bond donors (Lipinski definition) is 1. The number of halogens is 2. The van der Waals surface area contributed by atoms with Gasteiger partial charge in [0.1, 0.15) is 11.6 Å². The lowest BCUT2D eigenvalue weighted by Crippen LogP contribution is -2.34. The molecular formula is C26H34F2O3. The fourth-order valence-corrected chi connectivity index (χ4v) is 4.13. The van der Waals surface area contributed by atoms with Crippen molar-refractivity contribution in [2.75, 3.05) is 6.61 Å². The van der Waals surface area contributed by atoms with Crippen molar-refractivity contribution in [3.8, 4) is 5.75 Å². The van der Waals surface area contributed by atoms with E-state index in [2.05, 4.69) is 33.8 Å². The van der Waals surface area contributed by atoms with Crippen LogP contribution < -0.4 is 4.74 Å². The van der Waals surface area contributed by atoms with Gasteiger partial charge in [-0.15, -0.1) is 0 Å². The van der Waals surface area contributed by atoms with E-state index in [0.29, 0.717) is 29.9 Å². The molecule has 0 amide bonds. The zero-order chi connectivity index (χ0) is 23.6. The molecule has 0 fully saturated rings. The van der Waals surface area contributed by atoms with Crippen LogP contribution in [-0.2, 0) is 15.6 Å². The topological polar surface area (TPSA) is 46.5 Å². The predicted molar refractivity (Wildman–Crippen MR) is 122 cm³/mol. The zero-order valence-corrected chi connectivity index (χ0v) is 19.7. The van der Waals surface area contributed by atoms with Crippen LogP contribution in [0.2, 0.25) is 0 Å². The summed E-state index contributed by atoms with van der Waals surface area (Å²) in [4.78, 5) is 10.8. The fraction of sp³-hybridized carbons (Fsp3) is 0.500. The number of rotatable bonds is 7. The molecule has 1 aromatic rings. The van der Waals surface area contributed by atoms with Gasteiger partial charge in [0, 0.05) is 5.56 Å². The summed E-state index contributed by atoms with van der Waals surface area (Å²) in [5.74, 6) is -2.86. The third-order valence-corrected chi connectivity index (χ3v) is 6.23. The third kappa shape index (κ3) is 5.25. The molecule has 5 heteroatoms. The van der Waals surface area contributed by atoms with Crippen molar-refractivity contribution in [3.05, 3.63) is 58.2 Å². The van der Waals surface area contributed by atoms with Crippen LogP contribution in [0.15, 0.2) is 41.5 Å². The van der Waals surface area contributed by atoms with Crippen LogP contribution in [0, 0.1) is 0 Å². The number of carboxylic acid groups (broad SMARTS) is 1. The summed E-state index contributed by atoms with van der Waals surface area (Å²) in [6.45, 7) is 14.4. The first-order chi connectivity index (χ1) is 14.4. The summed E-state index contributed by atoms with van der Waals surface area (Å²) in [5, 5.41) is 8.76. The average Bonchev–Trinajstić information content (AvgIpc) is 2.70. The van der Waals surface area contributed by atoms with Crippen LogP contribution in [0.3, 0.4) is 0 Å². The predicted octanol–water partition coefficient (Wildman–Crippen LogP) is 7.41. The molecule has 31 heavy (non-hydrogen) atoms. The maximum absolute atomic E-state index is 15.2. The minimum Gasteiger partial charge on any atom is -0.493 e. The standard InChI is InChI=1S/C26H34F2O3/c1-8-17(21(27)11-10-16(3)23(28)24(29)30)18-14-19-20(15-22(18)31-9-2)26(6,7)13-12-25(19,4)5/h10-11,14-15H,8-9,12-13H2,1-7H3,(H,29,30)/b11-10+,21-17+,23-16-. The van der Waals surface area contributed by atoms with E-state index < -0.39 is 17.6 Å². The van der Waals surface area contributed by atoms with Gasteiger partial charge in [-0.1, -0.05) is 40.7 Å². The Labute approximate surface area is 184 Å². The molecule has 1 N–H and O–H groups in total. The van der Waals surface area contributed by atoms with E-state index in [9.17, 15) is 9.18 Å². The van der Waals surface area contributed by atoms with E-state index >= 15 is 4.39 Å². The highest BCUT2D eigenvalue weighted by atomic mass is 19.1. The number of fused-ring (bicyclic) bond motifs is 1. The monoisotopic (exact) mass is 432 g/mol. The van der Waals surface area contributed by atoms with Crippen molar-refractivity contribution in [1.29, 1.82) is 0 Å². The Balaban J connectivity index is 2.70. The first-order valence-electron chi connectivity index (χ1n) is 10.8. The van der Waals surface area contributed by atoms with Gasteiger partial charge in [-0.2, -0.15) is 4.39 Å². The first-order valence-corrected chi connectivity index (χ1v) is 10.8. The van der Waals surface area contributed by atoms with Gasteiger partial charge >= 0.3 is 5.97 Å². The zero-order valence-electron chi connectivity index (χ0n) is 19.7. The number of allylic oxidation sites excluding steroid dienone is 5. The van der Waals surface area contributed by atoms with Crippen LogP contribution in [0.4, 0.5) is 8.78 Å². The molecule has 0 bridgehead atoms. The lowest BCUT2D eigenvalue weighted by molar-refractivity contribution is -0.134. The minimum atomic E-state index is -1.67. The number of ether oxygens (including phenoxy) is 1. The van der Waals surface area contributed by atoms with E-state index in [1.807, 2.05) is 19.9 Å². The molecule has 0 atom stereocenters. The first kappa shape index (κ1) is 24.8. The van der Waals surface area contributed by atoms with Gasteiger partial charge in [0.15, 0.2) is 0 Å². The Morgan fingerprint density at radius 1 is 1.06 bits per heavy atom. The molecule has 0 unspecified atom stereocenters. The van der Waals surface area contributed by atoms with Crippen molar-refractivity contribution in [2.45, 2.75) is 78.6 Å². The molecule has 3 nitrogen and oxygen atoms in total. The van der Waals surface area contributed by atoms with Gasteiger partial charge in [-0.25, -0.2) is 9.18 Å². The average molecular weight is 433 g/mol. The number of aliphatic carboxylic acids is 1. The Morgan fingerprint density at radius 2 is 1.61 bits per heavy atom. The van der Waals surface area contributed by atoms with E-state index in [1.165, 1.54) is 18.1 Å². The SMILES string of the molecule is CCOc1cc2c(cc1\C(CC)=C(F)/C=C/C(C)=C(\F)C(=O)O)C(C)(C)CCC2(C)C. The van der Waals surface area contributed by atoms with E-state index in [1.54, 1.807) is 0 Å². The highest BCUT2D eigenvalue weighted by molar-refractivity contribution is 5.85. The van der Waals surface area contributed by atoms with Crippen molar-refractivity contribution in [1.82, 2.24) is 0 Å². The van der Waals surface area contributed by atoms with Crippen LogP contribution in [0.5, 0.6) is 5.75 Å². The Kier molecular flexibility index (Phi) is 7.51. The maximum atomic E-state index is 15.2. The van der Waals surface area contributed by atoms with E-state index in [-0.39, 0.29) is 16.4 Å². The molecule has 0 aliphatic heterocycles. The quantitative estimate of drug-likeness (QED) is 0.360. The molecule has 1 aliphatic rings. The van der Waals surface area contributed by atoms with Crippen molar-refractivity contribution >= 4 is 11.5 Å². The lowest BCUT2D eigenvalue weighted by Gasteiger charge is -2.42. The third-order valence-electron chi connectivity index (χ3n) is 6.23. The summed E-state index contributed by atoms with van der Waals surface area (Å²) in [6.07, 6.45) is 4.78. The normalized spacial score (nSPS) is 18.9. The number of carboxylic acids is 1. The molecule has 170 valence electrons.